The van der Waals surface area contributed by atoms with Crippen LogP contribution < -0.4 is 5.32 Å². The van der Waals surface area contributed by atoms with Gasteiger partial charge < -0.3 is 10.1 Å². The Morgan fingerprint density at radius 1 is 1.04 bits per heavy atom. The number of amides is 1. The van der Waals surface area contributed by atoms with Crippen LogP contribution >= 0.6 is 0 Å². The Hall–Kier alpha value is -2.13. The molecule has 0 heterocycles. The number of rotatable bonds is 5. The molecule has 0 aromatic heterocycles. The average molecular weight is 335 g/mol. The zero-order valence-electron chi connectivity index (χ0n) is 14.9. The summed E-state index contributed by atoms with van der Waals surface area (Å²) in [7, 11) is 0. The molecule has 3 aliphatic carbocycles. The molecule has 25 heavy (non-hydrogen) atoms. The Labute approximate surface area is 149 Å². The number of hydrogen-bond acceptors (Lipinski definition) is 2. The van der Waals surface area contributed by atoms with E-state index in [9.17, 15) is 4.79 Å². The lowest BCUT2D eigenvalue weighted by molar-refractivity contribution is -0.127. The normalized spacial score (nSPS) is 23.2. The van der Waals surface area contributed by atoms with Gasteiger partial charge in [0.1, 0.15) is 6.61 Å². The van der Waals surface area contributed by atoms with Gasteiger partial charge in [-0.3, -0.25) is 4.79 Å². The molecule has 0 saturated carbocycles. The van der Waals surface area contributed by atoms with Gasteiger partial charge in [0, 0.05) is 18.4 Å². The standard InChI is InChI=1S/C22H25NO2/c1-14(2)25-13-21(24)23-12-15-11-20-16-7-3-5-9-18(16)22(15)19-10-6-4-8-17(19)20/h3-10,14-15,20,22H,11-13H2,1-2H3,(H,23,24)/t15-,20?,22?/m1/s1. The average Bonchev–Trinajstić information content (AvgIpc) is 2.65. The summed E-state index contributed by atoms with van der Waals surface area (Å²) < 4.78 is 5.41. The van der Waals surface area contributed by atoms with E-state index in [2.05, 4.69) is 53.8 Å². The molecule has 0 saturated heterocycles. The number of ether oxygens (including phenoxy) is 1. The van der Waals surface area contributed by atoms with Crippen molar-refractivity contribution in [2.75, 3.05) is 13.2 Å². The largest absolute Gasteiger partial charge is 0.369 e. The maximum Gasteiger partial charge on any atom is 0.246 e. The number of benzene rings is 2. The molecule has 2 aromatic rings. The van der Waals surface area contributed by atoms with Crippen LogP contribution in [0, 0.1) is 5.92 Å². The quantitative estimate of drug-likeness (QED) is 0.902. The summed E-state index contributed by atoms with van der Waals surface area (Å²) in [5.74, 6) is 1.25. The third kappa shape index (κ3) is 2.98. The van der Waals surface area contributed by atoms with Crippen molar-refractivity contribution in [3.8, 4) is 0 Å². The number of carbonyl (C=O) groups is 1. The van der Waals surface area contributed by atoms with Crippen molar-refractivity contribution >= 4 is 5.91 Å². The number of nitrogens with one attached hydrogen (secondary N) is 1. The smallest absolute Gasteiger partial charge is 0.246 e. The number of fused-ring (bicyclic) bond motifs is 1. The molecule has 0 aliphatic heterocycles. The number of hydrogen-bond donors (Lipinski definition) is 1. The summed E-state index contributed by atoms with van der Waals surface area (Å²) in [5.41, 5.74) is 5.82. The molecule has 1 atom stereocenters. The van der Waals surface area contributed by atoms with Crippen LogP contribution in [0.1, 0.15) is 54.4 Å². The summed E-state index contributed by atoms with van der Waals surface area (Å²) in [5, 5.41) is 3.09. The second-order valence-corrected chi connectivity index (χ2v) is 7.45. The van der Waals surface area contributed by atoms with Gasteiger partial charge in [-0.25, -0.2) is 0 Å². The summed E-state index contributed by atoms with van der Waals surface area (Å²) in [6.07, 6.45) is 1.18. The fraction of sp³-hybridized carbons (Fsp3) is 0.409. The van der Waals surface area contributed by atoms with E-state index in [4.69, 9.17) is 4.74 Å². The maximum atomic E-state index is 12.1. The third-order valence-corrected chi connectivity index (χ3v) is 5.53. The van der Waals surface area contributed by atoms with Gasteiger partial charge in [0.2, 0.25) is 5.91 Å². The first-order chi connectivity index (χ1) is 12.1. The Kier molecular flexibility index (Phi) is 4.34. The molecular weight excluding hydrogens is 310 g/mol. The van der Waals surface area contributed by atoms with Gasteiger partial charge in [0.25, 0.3) is 0 Å². The third-order valence-electron chi connectivity index (χ3n) is 5.53. The molecule has 3 heteroatoms. The van der Waals surface area contributed by atoms with Crippen LogP contribution in [-0.2, 0) is 9.53 Å². The molecule has 0 unspecified atom stereocenters. The van der Waals surface area contributed by atoms with Crippen LogP contribution in [0.4, 0.5) is 0 Å². The first kappa shape index (κ1) is 16.3. The highest BCUT2D eigenvalue weighted by molar-refractivity contribution is 5.77. The Morgan fingerprint density at radius 3 is 2.16 bits per heavy atom. The first-order valence-electron chi connectivity index (χ1n) is 9.21. The van der Waals surface area contributed by atoms with Crippen molar-refractivity contribution in [2.45, 2.75) is 38.2 Å². The van der Waals surface area contributed by atoms with Crippen LogP contribution in [0.15, 0.2) is 48.5 Å². The van der Waals surface area contributed by atoms with E-state index in [1.54, 1.807) is 0 Å². The van der Waals surface area contributed by atoms with Crippen molar-refractivity contribution in [1.29, 1.82) is 0 Å². The van der Waals surface area contributed by atoms with Gasteiger partial charge >= 0.3 is 0 Å². The zero-order valence-corrected chi connectivity index (χ0v) is 14.9. The van der Waals surface area contributed by atoms with Gasteiger partial charge in [0.05, 0.1) is 6.10 Å². The highest BCUT2D eigenvalue weighted by Gasteiger charge is 2.42. The minimum absolute atomic E-state index is 0.0169. The molecule has 1 amide bonds. The van der Waals surface area contributed by atoms with Crippen LogP contribution in [-0.4, -0.2) is 25.2 Å². The van der Waals surface area contributed by atoms with E-state index in [0.717, 1.165) is 6.42 Å². The second kappa shape index (κ2) is 6.64. The molecule has 3 aliphatic rings. The van der Waals surface area contributed by atoms with E-state index in [1.165, 1.54) is 22.3 Å². The predicted octanol–water partition coefficient (Wildman–Crippen LogP) is 3.82. The molecule has 3 nitrogen and oxygen atoms in total. The van der Waals surface area contributed by atoms with Gasteiger partial charge in [-0.1, -0.05) is 48.5 Å². The summed E-state index contributed by atoms with van der Waals surface area (Å²) in [6, 6.07) is 17.6. The maximum absolute atomic E-state index is 12.1. The van der Waals surface area contributed by atoms with Gasteiger partial charge in [-0.05, 0) is 48.4 Å². The van der Waals surface area contributed by atoms with Crippen LogP contribution in [0.25, 0.3) is 0 Å². The summed E-state index contributed by atoms with van der Waals surface area (Å²) in [4.78, 5) is 12.1. The van der Waals surface area contributed by atoms with Gasteiger partial charge in [0.15, 0.2) is 0 Å². The lowest BCUT2D eigenvalue weighted by Crippen LogP contribution is -2.40. The van der Waals surface area contributed by atoms with Crippen molar-refractivity contribution in [3.05, 3.63) is 70.8 Å². The SMILES string of the molecule is CC(C)OCC(=O)NC[C@H]1CC2c3ccccc3C1c1ccccc12. The fourth-order valence-electron chi connectivity index (χ4n) is 4.50. The van der Waals surface area contributed by atoms with Crippen LogP contribution in [0.2, 0.25) is 0 Å². The minimum Gasteiger partial charge on any atom is -0.369 e. The van der Waals surface area contributed by atoms with Crippen molar-refractivity contribution < 1.29 is 9.53 Å². The van der Waals surface area contributed by atoms with Crippen LogP contribution in [0.5, 0.6) is 0 Å². The Bertz CT molecular complexity index is 736. The first-order valence-corrected chi connectivity index (χ1v) is 9.21. The fourth-order valence-corrected chi connectivity index (χ4v) is 4.50. The van der Waals surface area contributed by atoms with E-state index in [1.807, 2.05) is 13.8 Å². The lowest BCUT2D eigenvalue weighted by Gasteiger charge is -2.45. The minimum atomic E-state index is -0.0169. The second-order valence-electron chi connectivity index (χ2n) is 7.45. The van der Waals surface area contributed by atoms with E-state index in [-0.39, 0.29) is 18.6 Å². The van der Waals surface area contributed by atoms with Gasteiger partial charge in [-0.2, -0.15) is 0 Å². The Balaban J connectivity index is 1.56. The van der Waals surface area contributed by atoms with E-state index >= 15 is 0 Å². The van der Waals surface area contributed by atoms with Crippen molar-refractivity contribution in [2.24, 2.45) is 5.92 Å². The molecule has 5 rings (SSSR count). The molecule has 0 fully saturated rings. The summed E-state index contributed by atoms with van der Waals surface area (Å²) in [6.45, 7) is 4.75. The summed E-state index contributed by atoms with van der Waals surface area (Å²) >= 11 is 0. The molecule has 2 bridgehead atoms. The molecule has 1 N–H and O–H groups in total. The Morgan fingerprint density at radius 2 is 1.60 bits per heavy atom. The number of carbonyl (C=O) groups excluding carboxylic acids is 1. The molecular formula is C22H25NO2. The van der Waals surface area contributed by atoms with Crippen molar-refractivity contribution in [1.82, 2.24) is 5.32 Å². The van der Waals surface area contributed by atoms with Gasteiger partial charge in [-0.15, -0.1) is 0 Å². The lowest BCUT2D eigenvalue weighted by atomic mass is 9.59. The van der Waals surface area contributed by atoms with E-state index < -0.39 is 0 Å². The van der Waals surface area contributed by atoms with E-state index in [0.29, 0.717) is 24.3 Å². The van der Waals surface area contributed by atoms with Crippen molar-refractivity contribution in [3.63, 3.8) is 0 Å². The topological polar surface area (TPSA) is 38.3 Å². The highest BCUT2D eigenvalue weighted by atomic mass is 16.5. The highest BCUT2D eigenvalue weighted by Crippen LogP contribution is 2.54. The predicted molar refractivity (Wildman–Crippen MR) is 98.8 cm³/mol. The van der Waals surface area contributed by atoms with Crippen LogP contribution in [0.3, 0.4) is 0 Å². The molecule has 0 radical (unpaired) electrons. The monoisotopic (exact) mass is 335 g/mol. The molecule has 0 spiro atoms. The zero-order chi connectivity index (χ0) is 17.4. The molecule has 2 aromatic carbocycles. The molecule has 130 valence electrons.